The first-order valence-corrected chi connectivity index (χ1v) is 5.68. The zero-order chi connectivity index (χ0) is 11.7. The zero-order valence-corrected chi connectivity index (χ0v) is 10.5. The summed E-state index contributed by atoms with van der Waals surface area (Å²) in [6.45, 7) is 12.2. The minimum absolute atomic E-state index is 0.829. The number of nitrogens with zero attached hydrogens (tertiary/aromatic N) is 1. The Morgan fingerprint density at radius 2 is 1.33 bits per heavy atom. The summed E-state index contributed by atoms with van der Waals surface area (Å²) in [5, 5.41) is 0. The average Bonchev–Trinajstić information content (AvgIpc) is 2.26. The van der Waals surface area contributed by atoms with Crippen LogP contribution in [-0.4, -0.2) is 24.5 Å². The van der Waals surface area contributed by atoms with Crippen LogP contribution < -0.4 is 5.73 Å². The van der Waals surface area contributed by atoms with Crippen LogP contribution >= 0.6 is 0 Å². The van der Waals surface area contributed by atoms with Crippen LogP contribution in [0.1, 0.15) is 26.3 Å². The van der Waals surface area contributed by atoms with Crippen LogP contribution in [0.25, 0.3) is 0 Å². The van der Waals surface area contributed by atoms with E-state index in [4.69, 9.17) is 5.73 Å². The molecule has 0 amide bonds. The van der Waals surface area contributed by atoms with Crippen LogP contribution in [-0.2, 0) is 0 Å². The fourth-order valence-electron chi connectivity index (χ4n) is 1.24. The van der Waals surface area contributed by atoms with Gasteiger partial charge >= 0.3 is 0 Å². The van der Waals surface area contributed by atoms with E-state index in [2.05, 4.69) is 25.7 Å². The molecular formula is C13H24N2. The van der Waals surface area contributed by atoms with Crippen molar-refractivity contribution in [2.24, 2.45) is 0 Å². The Balaban J connectivity index is 0.000000265. The van der Waals surface area contributed by atoms with E-state index in [1.54, 1.807) is 0 Å². The van der Waals surface area contributed by atoms with Gasteiger partial charge in [-0.2, -0.15) is 0 Å². The smallest absolute Gasteiger partial charge is 0.0314 e. The monoisotopic (exact) mass is 208 g/mol. The number of hydrogen-bond donors (Lipinski definition) is 1. The number of aryl methyl sites for hydroxylation is 1. The minimum atomic E-state index is 0.829. The van der Waals surface area contributed by atoms with E-state index in [0.717, 1.165) is 5.69 Å². The second-order valence-electron chi connectivity index (χ2n) is 3.53. The zero-order valence-electron chi connectivity index (χ0n) is 10.5. The number of nitrogens with two attached hydrogens (primary N) is 1. The van der Waals surface area contributed by atoms with Gasteiger partial charge in [0.05, 0.1) is 0 Å². The number of hydrogen-bond acceptors (Lipinski definition) is 2. The Hall–Kier alpha value is -1.02. The predicted octanol–water partition coefficient (Wildman–Crippen LogP) is 2.93. The van der Waals surface area contributed by atoms with Gasteiger partial charge in [0.25, 0.3) is 0 Å². The summed E-state index contributed by atoms with van der Waals surface area (Å²) in [5.41, 5.74) is 7.51. The second kappa shape index (κ2) is 8.30. The molecule has 0 unspecified atom stereocenters. The van der Waals surface area contributed by atoms with Crippen molar-refractivity contribution in [3.63, 3.8) is 0 Å². The molecule has 0 bridgehead atoms. The highest BCUT2D eigenvalue weighted by Crippen LogP contribution is 2.02. The van der Waals surface area contributed by atoms with Crippen molar-refractivity contribution in [3.8, 4) is 0 Å². The quantitative estimate of drug-likeness (QED) is 0.774. The van der Waals surface area contributed by atoms with Crippen LogP contribution in [0.15, 0.2) is 24.3 Å². The van der Waals surface area contributed by atoms with Crippen molar-refractivity contribution in [1.29, 1.82) is 0 Å². The van der Waals surface area contributed by atoms with Crippen molar-refractivity contribution in [1.82, 2.24) is 4.90 Å². The van der Waals surface area contributed by atoms with E-state index in [1.165, 1.54) is 25.2 Å². The molecule has 0 heterocycles. The SMILES string of the molecule is CCN(CC)CC.Cc1ccc(N)cc1. The van der Waals surface area contributed by atoms with Crippen LogP contribution in [0, 0.1) is 6.92 Å². The number of nitrogen functional groups attached to an aromatic ring is 1. The lowest BCUT2D eigenvalue weighted by atomic mass is 10.2. The van der Waals surface area contributed by atoms with E-state index >= 15 is 0 Å². The molecule has 15 heavy (non-hydrogen) atoms. The first-order chi connectivity index (χ1) is 7.13. The lowest BCUT2D eigenvalue weighted by molar-refractivity contribution is 0.321. The summed E-state index contributed by atoms with van der Waals surface area (Å²) < 4.78 is 0. The van der Waals surface area contributed by atoms with E-state index in [-0.39, 0.29) is 0 Å². The maximum Gasteiger partial charge on any atom is 0.0314 e. The summed E-state index contributed by atoms with van der Waals surface area (Å²) in [6.07, 6.45) is 0. The third-order valence-electron chi connectivity index (χ3n) is 2.42. The highest BCUT2D eigenvalue weighted by Gasteiger charge is 1.89. The normalized spacial score (nSPS) is 9.67. The van der Waals surface area contributed by atoms with Gasteiger partial charge in [-0.3, -0.25) is 0 Å². The largest absolute Gasteiger partial charge is 0.399 e. The summed E-state index contributed by atoms with van der Waals surface area (Å²) in [4.78, 5) is 2.38. The van der Waals surface area contributed by atoms with Gasteiger partial charge in [0, 0.05) is 5.69 Å². The van der Waals surface area contributed by atoms with Crippen molar-refractivity contribution < 1.29 is 0 Å². The van der Waals surface area contributed by atoms with Gasteiger partial charge in [-0.05, 0) is 38.7 Å². The average molecular weight is 208 g/mol. The first kappa shape index (κ1) is 14.0. The Kier molecular flexibility index (Phi) is 7.74. The van der Waals surface area contributed by atoms with Crippen molar-refractivity contribution in [2.45, 2.75) is 27.7 Å². The number of benzene rings is 1. The molecule has 0 radical (unpaired) electrons. The first-order valence-electron chi connectivity index (χ1n) is 5.68. The maximum atomic E-state index is 5.43. The van der Waals surface area contributed by atoms with Crippen LogP contribution in [0.4, 0.5) is 5.69 Å². The van der Waals surface area contributed by atoms with E-state index < -0.39 is 0 Å². The highest BCUT2D eigenvalue weighted by atomic mass is 15.1. The molecule has 2 N–H and O–H groups in total. The molecule has 0 aliphatic carbocycles. The molecular weight excluding hydrogens is 184 g/mol. The van der Waals surface area contributed by atoms with Crippen LogP contribution in [0.3, 0.4) is 0 Å². The van der Waals surface area contributed by atoms with Gasteiger partial charge in [-0.25, -0.2) is 0 Å². The van der Waals surface area contributed by atoms with Crippen molar-refractivity contribution in [2.75, 3.05) is 25.4 Å². The lowest BCUT2D eigenvalue weighted by Crippen LogP contribution is -2.21. The van der Waals surface area contributed by atoms with Crippen molar-refractivity contribution >= 4 is 5.69 Å². The third kappa shape index (κ3) is 6.97. The van der Waals surface area contributed by atoms with Crippen molar-refractivity contribution in [3.05, 3.63) is 29.8 Å². The number of anilines is 1. The van der Waals surface area contributed by atoms with Gasteiger partial charge in [0.1, 0.15) is 0 Å². The third-order valence-corrected chi connectivity index (χ3v) is 2.42. The lowest BCUT2D eigenvalue weighted by Gasteiger charge is -2.13. The molecule has 0 aliphatic rings. The van der Waals surface area contributed by atoms with Crippen LogP contribution in [0.5, 0.6) is 0 Å². The molecule has 86 valence electrons. The maximum absolute atomic E-state index is 5.43. The Labute approximate surface area is 94.1 Å². The molecule has 0 aromatic heterocycles. The molecule has 2 nitrogen and oxygen atoms in total. The topological polar surface area (TPSA) is 29.3 Å². The molecule has 0 saturated carbocycles. The minimum Gasteiger partial charge on any atom is -0.399 e. The molecule has 1 rings (SSSR count). The van der Waals surface area contributed by atoms with Gasteiger partial charge in [-0.15, -0.1) is 0 Å². The summed E-state index contributed by atoms with van der Waals surface area (Å²) >= 11 is 0. The van der Waals surface area contributed by atoms with Gasteiger partial charge in [0.15, 0.2) is 0 Å². The van der Waals surface area contributed by atoms with Gasteiger partial charge < -0.3 is 10.6 Å². The van der Waals surface area contributed by atoms with Crippen LogP contribution in [0.2, 0.25) is 0 Å². The summed E-state index contributed by atoms with van der Waals surface area (Å²) in [7, 11) is 0. The molecule has 0 aliphatic heterocycles. The van der Waals surface area contributed by atoms with E-state index in [1.807, 2.05) is 31.2 Å². The second-order valence-corrected chi connectivity index (χ2v) is 3.53. The van der Waals surface area contributed by atoms with E-state index in [9.17, 15) is 0 Å². The van der Waals surface area contributed by atoms with E-state index in [0.29, 0.717) is 0 Å². The summed E-state index contributed by atoms with van der Waals surface area (Å²) in [5.74, 6) is 0. The molecule has 1 aromatic rings. The predicted molar refractivity (Wildman–Crippen MR) is 69.1 cm³/mol. The molecule has 1 aromatic carbocycles. The molecule has 0 fully saturated rings. The Bertz CT molecular complexity index is 211. The number of rotatable bonds is 3. The fourth-order valence-corrected chi connectivity index (χ4v) is 1.24. The molecule has 0 atom stereocenters. The van der Waals surface area contributed by atoms with Gasteiger partial charge in [0.2, 0.25) is 0 Å². The van der Waals surface area contributed by atoms with Gasteiger partial charge in [-0.1, -0.05) is 38.5 Å². The molecule has 0 spiro atoms. The Morgan fingerprint density at radius 1 is 0.933 bits per heavy atom. The Morgan fingerprint density at radius 3 is 1.53 bits per heavy atom. The summed E-state index contributed by atoms with van der Waals surface area (Å²) in [6, 6.07) is 7.79. The fraction of sp³-hybridized carbons (Fsp3) is 0.538. The standard InChI is InChI=1S/C7H9N.C6H15N/c1-6-2-4-7(8)5-3-6;1-4-7(5-2)6-3/h2-5H,8H2,1H3;4-6H2,1-3H3. The molecule has 0 saturated heterocycles. The highest BCUT2D eigenvalue weighted by molar-refractivity contribution is 5.38. The molecule has 2 heteroatoms.